The molecule has 13 heavy (non-hydrogen) atoms. The molecule has 74 valence electrons. The van der Waals surface area contributed by atoms with Gasteiger partial charge in [-0.3, -0.25) is 0 Å². The zero-order valence-corrected chi connectivity index (χ0v) is 8.23. The quantitative estimate of drug-likeness (QED) is 0.608. The van der Waals surface area contributed by atoms with E-state index in [4.69, 9.17) is 0 Å². The lowest BCUT2D eigenvalue weighted by Crippen LogP contribution is -2.27. The van der Waals surface area contributed by atoms with E-state index in [0.29, 0.717) is 0 Å². The molecule has 0 spiro atoms. The molecule has 0 atom stereocenters. The first-order valence-corrected chi connectivity index (χ1v) is 4.09. The number of amides is 1. The molecule has 0 saturated heterocycles. The van der Waals surface area contributed by atoms with E-state index in [-0.39, 0.29) is 4.92 Å². The van der Waals surface area contributed by atoms with Gasteiger partial charge < -0.3 is 0 Å². The first kappa shape index (κ1) is 11.7. The number of carbonyl (C=O) groups is 2. The molecule has 0 unspecified atom stereocenters. The van der Waals surface area contributed by atoms with Gasteiger partial charge in [0.15, 0.2) is 0 Å². The van der Waals surface area contributed by atoms with Crippen molar-refractivity contribution in [3.8, 4) is 0 Å². The van der Waals surface area contributed by atoms with Gasteiger partial charge in [0.2, 0.25) is 0 Å². The minimum absolute atomic E-state index is 0.257. The average molecular weight is 188 g/mol. The second-order valence-electron chi connectivity index (χ2n) is 3.32. The van der Waals surface area contributed by atoms with E-state index < -0.39 is 23.7 Å². The van der Waals surface area contributed by atoms with Crippen LogP contribution in [0.25, 0.3) is 0 Å². The number of carbonyl (C=O) groups excluding carboxylic acids is 2. The van der Waals surface area contributed by atoms with Crippen molar-refractivity contribution in [3.05, 3.63) is 4.91 Å². The predicted octanol–water partition coefficient (Wildman–Crippen LogP) is 1.06. The van der Waals surface area contributed by atoms with Gasteiger partial charge in [-0.2, -0.15) is 0 Å². The molecule has 0 aromatic heterocycles. The fraction of sp³-hybridized carbons (Fsp3) is 0.750. The normalized spacial score (nSPS) is 10.3. The first-order chi connectivity index (χ1) is 5.86. The minimum atomic E-state index is -0.756. The maximum absolute atomic E-state index is 10.9. The van der Waals surface area contributed by atoms with E-state index in [1.54, 1.807) is 27.7 Å². The van der Waals surface area contributed by atoms with Gasteiger partial charge >= 0.3 is 16.8 Å². The summed E-state index contributed by atoms with van der Waals surface area (Å²) < 4.78 is 0. The largest absolute Gasteiger partial charge is 0.493 e. The molecule has 0 aliphatic carbocycles. The van der Waals surface area contributed by atoms with Crippen LogP contribution >= 0.6 is 0 Å². The maximum Gasteiger partial charge on any atom is 0.493 e. The second kappa shape index (κ2) is 4.69. The van der Waals surface area contributed by atoms with Crippen LogP contribution in [-0.2, 0) is 14.4 Å². The summed E-state index contributed by atoms with van der Waals surface area (Å²) in [5.41, 5.74) is 0. The van der Waals surface area contributed by atoms with Crippen molar-refractivity contribution in [2.45, 2.75) is 27.7 Å². The van der Waals surface area contributed by atoms with Crippen molar-refractivity contribution >= 4 is 11.9 Å². The molecule has 0 aliphatic heterocycles. The summed E-state index contributed by atoms with van der Waals surface area (Å²) >= 11 is 0. The van der Waals surface area contributed by atoms with E-state index in [9.17, 15) is 14.5 Å². The number of hydrogen-bond acceptors (Lipinski definition) is 4. The van der Waals surface area contributed by atoms with Gasteiger partial charge in [0.05, 0.1) is 16.7 Å². The van der Waals surface area contributed by atoms with Crippen LogP contribution in [0.3, 0.4) is 0 Å². The Hall–Kier alpha value is -1.26. The molecule has 5 nitrogen and oxygen atoms in total. The predicted molar refractivity (Wildman–Crippen MR) is 44.4 cm³/mol. The molecule has 5 heteroatoms. The first-order valence-electron chi connectivity index (χ1n) is 4.09. The summed E-state index contributed by atoms with van der Waals surface area (Å²) in [7, 11) is 0. The van der Waals surface area contributed by atoms with Crippen molar-refractivity contribution in [2.24, 2.45) is 11.8 Å². The van der Waals surface area contributed by atoms with Crippen LogP contribution in [0.5, 0.6) is 0 Å². The molecular formula is C8H14NO4+. The van der Waals surface area contributed by atoms with E-state index in [2.05, 4.69) is 4.84 Å². The van der Waals surface area contributed by atoms with Crippen LogP contribution in [0, 0.1) is 16.7 Å². The van der Waals surface area contributed by atoms with E-state index in [0.717, 1.165) is 0 Å². The van der Waals surface area contributed by atoms with Crippen molar-refractivity contribution in [2.75, 3.05) is 0 Å². The summed E-state index contributed by atoms with van der Waals surface area (Å²) in [5.74, 6) is -2.35. The molecule has 0 N–H and O–H groups in total. The van der Waals surface area contributed by atoms with E-state index in [1.165, 1.54) is 0 Å². The molecule has 0 heterocycles. The molecule has 0 aliphatic rings. The Morgan fingerprint density at radius 1 is 1.08 bits per heavy atom. The fourth-order valence-electron chi connectivity index (χ4n) is 0.443. The summed E-state index contributed by atoms with van der Waals surface area (Å²) in [6, 6.07) is 0. The monoisotopic (exact) mass is 188 g/mol. The molecule has 0 radical (unpaired) electrons. The summed E-state index contributed by atoms with van der Waals surface area (Å²) in [6.45, 7) is 6.26. The van der Waals surface area contributed by atoms with Crippen molar-refractivity contribution in [3.63, 3.8) is 0 Å². The average Bonchev–Trinajstić information content (AvgIpc) is 2.02. The third-order valence-corrected chi connectivity index (χ3v) is 1.32. The third kappa shape index (κ3) is 3.78. The topological polar surface area (TPSA) is 63.5 Å². The Bertz CT molecular complexity index is 232. The van der Waals surface area contributed by atoms with Crippen molar-refractivity contribution < 1.29 is 19.3 Å². The maximum atomic E-state index is 10.9. The molecule has 0 rings (SSSR count). The smallest absolute Gasteiger partial charge is 0.244 e. The van der Waals surface area contributed by atoms with Gasteiger partial charge in [-0.1, -0.05) is 13.8 Å². The molecule has 0 bridgehead atoms. The van der Waals surface area contributed by atoms with Gasteiger partial charge in [-0.25, -0.2) is 9.59 Å². The lowest BCUT2D eigenvalue weighted by molar-refractivity contribution is -0.711. The van der Waals surface area contributed by atoms with Gasteiger partial charge in [0.1, 0.15) is 0 Å². The summed E-state index contributed by atoms with van der Waals surface area (Å²) in [6.07, 6.45) is 0. The minimum Gasteiger partial charge on any atom is -0.244 e. The highest BCUT2D eigenvalue weighted by molar-refractivity contribution is 5.73. The zero-order valence-electron chi connectivity index (χ0n) is 8.23. The van der Waals surface area contributed by atoms with Crippen LogP contribution in [0.4, 0.5) is 0 Å². The Kier molecular flexibility index (Phi) is 4.23. The Balaban J connectivity index is 4.17. The summed E-state index contributed by atoms with van der Waals surface area (Å²) in [5, 5.41) is 0. The highest BCUT2D eigenvalue weighted by Crippen LogP contribution is 2.00. The Morgan fingerprint density at radius 2 is 1.54 bits per heavy atom. The fourth-order valence-corrected chi connectivity index (χ4v) is 0.443. The van der Waals surface area contributed by atoms with Gasteiger partial charge in [-0.05, 0) is 13.8 Å². The van der Waals surface area contributed by atoms with Gasteiger partial charge in [-0.15, -0.1) is 4.84 Å². The Labute approximate surface area is 76.6 Å². The summed E-state index contributed by atoms with van der Waals surface area (Å²) in [4.78, 5) is 36.6. The van der Waals surface area contributed by atoms with Gasteiger partial charge in [0, 0.05) is 0 Å². The lowest BCUT2D eigenvalue weighted by Gasteiger charge is -1.96. The van der Waals surface area contributed by atoms with Crippen LogP contribution in [-0.4, -0.2) is 16.8 Å². The van der Waals surface area contributed by atoms with Gasteiger partial charge in [0.25, 0.3) is 0 Å². The highest BCUT2D eigenvalue weighted by atomic mass is 16.8. The molecular weight excluding hydrogens is 174 g/mol. The second-order valence-corrected chi connectivity index (χ2v) is 3.32. The molecule has 0 aromatic rings. The molecule has 0 fully saturated rings. The standard InChI is InChI=1S/C8H14NO4/c1-5(2)7(10)9(12)13-8(11)6(3)4/h5-6H,1-4H3/q+1. The van der Waals surface area contributed by atoms with Crippen LogP contribution in [0.1, 0.15) is 27.7 Å². The highest BCUT2D eigenvalue weighted by Gasteiger charge is 2.32. The SMILES string of the molecule is CC(C)C(=O)O[N+](=O)C(=O)C(C)C. The Morgan fingerprint density at radius 3 is 1.85 bits per heavy atom. The third-order valence-electron chi connectivity index (χ3n) is 1.32. The number of nitrogens with zero attached hydrogens (tertiary/aromatic N) is 1. The molecule has 0 aromatic carbocycles. The van der Waals surface area contributed by atoms with Crippen molar-refractivity contribution in [1.29, 1.82) is 0 Å². The molecule has 1 amide bonds. The number of rotatable bonds is 2. The van der Waals surface area contributed by atoms with Crippen LogP contribution in [0.2, 0.25) is 0 Å². The van der Waals surface area contributed by atoms with Crippen LogP contribution < -0.4 is 0 Å². The van der Waals surface area contributed by atoms with E-state index >= 15 is 0 Å². The van der Waals surface area contributed by atoms with Crippen LogP contribution in [0.15, 0.2) is 0 Å². The number of hydrogen-bond donors (Lipinski definition) is 0. The van der Waals surface area contributed by atoms with Crippen molar-refractivity contribution in [1.82, 2.24) is 0 Å². The lowest BCUT2D eigenvalue weighted by atomic mass is 10.2. The zero-order chi connectivity index (χ0) is 10.6. The molecule has 0 saturated carbocycles. The van der Waals surface area contributed by atoms with E-state index in [1.807, 2.05) is 0 Å².